The van der Waals surface area contributed by atoms with Crippen LogP contribution in [0.25, 0.3) is 0 Å². The van der Waals surface area contributed by atoms with E-state index < -0.39 is 17.9 Å². The van der Waals surface area contributed by atoms with Crippen LogP contribution >= 0.6 is 0 Å². The van der Waals surface area contributed by atoms with Crippen molar-refractivity contribution in [2.75, 3.05) is 13.2 Å². The van der Waals surface area contributed by atoms with Gasteiger partial charge in [-0.15, -0.1) is 0 Å². The summed E-state index contributed by atoms with van der Waals surface area (Å²) < 4.78 is 10.3. The van der Waals surface area contributed by atoms with Crippen LogP contribution in [-0.4, -0.2) is 25.2 Å². The number of esters is 2. The Kier molecular flexibility index (Phi) is 7.20. The van der Waals surface area contributed by atoms with E-state index in [9.17, 15) is 9.59 Å². The lowest BCUT2D eigenvalue weighted by Crippen LogP contribution is -2.34. The molecular formula is C21H24O4. The first-order valence-electron chi connectivity index (χ1n) is 8.59. The van der Waals surface area contributed by atoms with Crippen LogP contribution < -0.4 is 0 Å². The highest BCUT2D eigenvalue weighted by Gasteiger charge is 2.38. The second-order valence-corrected chi connectivity index (χ2v) is 5.69. The molecule has 1 unspecified atom stereocenters. The van der Waals surface area contributed by atoms with Gasteiger partial charge in [0.1, 0.15) is 0 Å². The Hall–Kier alpha value is -2.62. The average Bonchev–Trinajstić information content (AvgIpc) is 2.63. The quantitative estimate of drug-likeness (QED) is 0.542. The first-order chi connectivity index (χ1) is 12.2. The second kappa shape index (κ2) is 9.62. The third kappa shape index (κ3) is 5.18. The molecule has 0 aliphatic rings. The monoisotopic (exact) mass is 340 g/mol. The molecule has 0 aromatic heterocycles. The summed E-state index contributed by atoms with van der Waals surface area (Å²) in [5.41, 5.74) is 1.97. The number of carbonyl (C=O) groups excluding carboxylic acids is 2. The number of hydrogen-bond donors (Lipinski definition) is 0. The average molecular weight is 340 g/mol. The molecule has 0 saturated carbocycles. The van der Waals surface area contributed by atoms with Crippen molar-refractivity contribution < 1.29 is 19.1 Å². The van der Waals surface area contributed by atoms with Crippen molar-refractivity contribution >= 4 is 11.9 Å². The lowest BCUT2D eigenvalue weighted by atomic mass is 9.81. The lowest BCUT2D eigenvalue weighted by molar-refractivity contribution is -0.162. The zero-order valence-corrected chi connectivity index (χ0v) is 14.7. The summed E-state index contributed by atoms with van der Waals surface area (Å²) >= 11 is 0. The number of carbonyl (C=O) groups is 2. The van der Waals surface area contributed by atoms with E-state index in [1.54, 1.807) is 13.8 Å². The SMILES string of the molecule is CCOC(=O)C(C(=O)OCC)C(Cc1ccccc1)c1ccccc1. The topological polar surface area (TPSA) is 52.6 Å². The fraction of sp³-hybridized carbons (Fsp3) is 0.333. The minimum Gasteiger partial charge on any atom is -0.465 e. The van der Waals surface area contributed by atoms with E-state index in [0.29, 0.717) is 6.42 Å². The zero-order chi connectivity index (χ0) is 18.1. The molecule has 0 saturated heterocycles. The first kappa shape index (κ1) is 18.7. The van der Waals surface area contributed by atoms with E-state index >= 15 is 0 Å². The van der Waals surface area contributed by atoms with Gasteiger partial charge in [0.15, 0.2) is 5.92 Å². The van der Waals surface area contributed by atoms with Crippen LogP contribution in [0.4, 0.5) is 0 Å². The maximum Gasteiger partial charge on any atom is 0.320 e. The highest BCUT2D eigenvalue weighted by atomic mass is 16.6. The molecule has 132 valence electrons. The molecule has 4 nitrogen and oxygen atoms in total. The molecule has 0 bridgehead atoms. The Morgan fingerprint density at radius 3 is 1.76 bits per heavy atom. The Morgan fingerprint density at radius 1 is 0.800 bits per heavy atom. The van der Waals surface area contributed by atoms with Gasteiger partial charge in [-0.25, -0.2) is 0 Å². The van der Waals surface area contributed by atoms with Crippen molar-refractivity contribution in [1.82, 2.24) is 0 Å². The highest BCUT2D eigenvalue weighted by molar-refractivity contribution is 5.96. The predicted molar refractivity (Wildman–Crippen MR) is 96.1 cm³/mol. The van der Waals surface area contributed by atoms with Crippen molar-refractivity contribution in [1.29, 1.82) is 0 Å². The molecule has 0 aliphatic heterocycles. The Balaban J connectivity index is 2.41. The molecular weight excluding hydrogens is 316 g/mol. The summed E-state index contributed by atoms with van der Waals surface area (Å²) in [7, 11) is 0. The molecule has 0 amide bonds. The summed E-state index contributed by atoms with van der Waals surface area (Å²) in [6.45, 7) is 3.91. The van der Waals surface area contributed by atoms with Gasteiger partial charge in [-0.1, -0.05) is 60.7 Å². The van der Waals surface area contributed by atoms with Gasteiger partial charge in [-0.05, 0) is 31.4 Å². The second-order valence-electron chi connectivity index (χ2n) is 5.69. The summed E-state index contributed by atoms with van der Waals surface area (Å²) in [6.07, 6.45) is 0.549. The molecule has 2 rings (SSSR count). The van der Waals surface area contributed by atoms with Crippen molar-refractivity contribution in [3.8, 4) is 0 Å². The van der Waals surface area contributed by atoms with E-state index in [-0.39, 0.29) is 19.1 Å². The first-order valence-corrected chi connectivity index (χ1v) is 8.59. The fourth-order valence-corrected chi connectivity index (χ4v) is 2.89. The summed E-state index contributed by atoms with van der Waals surface area (Å²) in [6, 6.07) is 19.4. The fourth-order valence-electron chi connectivity index (χ4n) is 2.89. The molecule has 4 heteroatoms. The van der Waals surface area contributed by atoms with E-state index in [0.717, 1.165) is 11.1 Å². The van der Waals surface area contributed by atoms with Gasteiger partial charge >= 0.3 is 11.9 Å². The van der Waals surface area contributed by atoms with Crippen molar-refractivity contribution in [3.63, 3.8) is 0 Å². The van der Waals surface area contributed by atoms with Gasteiger partial charge < -0.3 is 9.47 Å². The maximum atomic E-state index is 12.5. The number of rotatable bonds is 8. The lowest BCUT2D eigenvalue weighted by Gasteiger charge is -2.25. The van der Waals surface area contributed by atoms with E-state index in [1.165, 1.54) is 0 Å². The van der Waals surface area contributed by atoms with Crippen molar-refractivity contribution in [2.45, 2.75) is 26.2 Å². The molecule has 0 N–H and O–H groups in total. The Morgan fingerprint density at radius 2 is 1.28 bits per heavy atom. The molecule has 1 atom stereocenters. The standard InChI is InChI=1S/C21H24O4/c1-3-24-20(22)19(21(23)25-4-2)18(17-13-9-6-10-14-17)15-16-11-7-5-8-12-16/h5-14,18-19H,3-4,15H2,1-2H3. The van der Waals surface area contributed by atoms with Crippen LogP contribution in [0.15, 0.2) is 60.7 Å². The van der Waals surface area contributed by atoms with Crippen LogP contribution in [-0.2, 0) is 25.5 Å². The Bertz CT molecular complexity index is 649. The zero-order valence-electron chi connectivity index (χ0n) is 14.7. The van der Waals surface area contributed by atoms with Crippen LogP contribution in [0, 0.1) is 5.92 Å². The van der Waals surface area contributed by atoms with E-state index in [1.807, 2.05) is 60.7 Å². The number of benzene rings is 2. The van der Waals surface area contributed by atoms with Crippen molar-refractivity contribution in [3.05, 3.63) is 71.8 Å². The smallest absolute Gasteiger partial charge is 0.320 e. The van der Waals surface area contributed by atoms with Gasteiger partial charge in [-0.3, -0.25) is 9.59 Å². The van der Waals surface area contributed by atoms with Gasteiger partial charge in [0.2, 0.25) is 0 Å². The molecule has 0 heterocycles. The van der Waals surface area contributed by atoms with Crippen molar-refractivity contribution in [2.24, 2.45) is 5.92 Å². The molecule has 0 spiro atoms. The molecule has 0 radical (unpaired) electrons. The predicted octanol–water partition coefficient (Wildman–Crippen LogP) is 3.76. The molecule has 0 aliphatic carbocycles. The van der Waals surface area contributed by atoms with Crippen LogP contribution in [0.2, 0.25) is 0 Å². The third-order valence-electron chi connectivity index (χ3n) is 4.01. The molecule has 25 heavy (non-hydrogen) atoms. The maximum absolute atomic E-state index is 12.5. The molecule has 2 aromatic carbocycles. The van der Waals surface area contributed by atoms with E-state index in [2.05, 4.69) is 0 Å². The summed E-state index contributed by atoms with van der Waals surface area (Å²) in [5, 5.41) is 0. The van der Waals surface area contributed by atoms with Crippen LogP contribution in [0.5, 0.6) is 0 Å². The number of hydrogen-bond acceptors (Lipinski definition) is 4. The van der Waals surface area contributed by atoms with Crippen LogP contribution in [0.3, 0.4) is 0 Å². The summed E-state index contributed by atoms with van der Waals surface area (Å²) in [4.78, 5) is 25.1. The van der Waals surface area contributed by atoms with Crippen LogP contribution in [0.1, 0.15) is 30.9 Å². The normalized spacial score (nSPS) is 11.8. The minimum absolute atomic E-state index is 0.224. The van der Waals surface area contributed by atoms with Gasteiger partial charge in [0.25, 0.3) is 0 Å². The number of ether oxygens (including phenoxy) is 2. The largest absolute Gasteiger partial charge is 0.465 e. The minimum atomic E-state index is -0.984. The van der Waals surface area contributed by atoms with E-state index in [4.69, 9.17) is 9.47 Å². The Labute approximate surface area is 148 Å². The van der Waals surface area contributed by atoms with Gasteiger partial charge in [0.05, 0.1) is 13.2 Å². The highest BCUT2D eigenvalue weighted by Crippen LogP contribution is 2.31. The summed E-state index contributed by atoms with van der Waals surface area (Å²) in [5.74, 6) is -2.40. The van der Waals surface area contributed by atoms with Gasteiger partial charge in [-0.2, -0.15) is 0 Å². The molecule has 2 aromatic rings. The van der Waals surface area contributed by atoms with Gasteiger partial charge in [0, 0.05) is 5.92 Å². The third-order valence-corrected chi connectivity index (χ3v) is 4.01. The molecule has 0 fully saturated rings.